The number of thiophene rings is 1. The number of aliphatic carboxylic acids is 1. The number of benzene rings is 2. The van der Waals surface area contributed by atoms with Gasteiger partial charge in [0.05, 0.1) is 13.0 Å². The molecule has 2 amide bonds. The van der Waals surface area contributed by atoms with E-state index >= 15 is 0 Å². The lowest BCUT2D eigenvalue weighted by Crippen LogP contribution is -2.71. The number of fused-ring (bicyclic) bond motifs is 1. The Morgan fingerprint density at radius 1 is 1.12 bits per heavy atom. The summed E-state index contributed by atoms with van der Waals surface area (Å²) in [6.07, 6.45) is 0.379. The van der Waals surface area contributed by atoms with Crippen LogP contribution in [-0.2, 0) is 27.3 Å². The van der Waals surface area contributed by atoms with E-state index in [-0.39, 0.29) is 25.3 Å². The summed E-state index contributed by atoms with van der Waals surface area (Å²) in [5, 5.41) is 23.0. The SMILES string of the molecule is O=C(O)CN(Cc1ccc(Cl)cc1)C(=O)C1(CO)CCN1C(=O)Cc1csc2ccccc12. The van der Waals surface area contributed by atoms with E-state index in [1.807, 2.05) is 29.6 Å². The number of carbonyl (C=O) groups excluding carboxylic acids is 2. The van der Waals surface area contributed by atoms with Crippen LogP contribution in [0.3, 0.4) is 0 Å². The second-order valence-corrected chi connectivity index (χ2v) is 9.45. The molecule has 1 atom stereocenters. The zero-order valence-electron chi connectivity index (χ0n) is 17.7. The van der Waals surface area contributed by atoms with Crippen LogP contribution in [-0.4, -0.2) is 63.0 Å². The van der Waals surface area contributed by atoms with Crippen molar-refractivity contribution in [2.75, 3.05) is 19.7 Å². The van der Waals surface area contributed by atoms with Gasteiger partial charge in [0.2, 0.25) is 5.91 Å². The van der Waals surface area contributed by atoms with Crippen LogP contribution in [0.15, 0.2) is 53.9 Å². The van der Waals surface area contributed by atoms with E-state index in [1.165, 1.54) is 9.80 Å². The zero-order chi connectivity index (χ0) is 23.6. The normalized spacial score (nSPS) is 17.6. The van der Waals surface area contributed by atoms with Gasteiger partial charge in [-0.1, -0.05) is 41.9 Å². The first-order chi connectivity index (χ1) is 15.8. The van der Waals surface area contributed by atoms with Crippen molar-refractivity contribution in [3.05, 3.63) is 70.1 Å². The molecule has 0 aliphatic carbocycles. The minimum atomic E-state index is -1.45. The first-order valence-electron chi connectivity index (χ1n) is 10.5. The number of carbonyl (C=O) groups is 3. The number of carboxylic acids is 1. The molecular formula is C24H23ClN2O5S. The quantitative estimate of drug-likeness (QED) is 0.509. The van der Waals surface area contributed by atoms with Crippen LogP contribution in [0.1, 0.15) is 17.5 Å². The molecule has 0 saturated carbocycles. The topological polar surface area (TPSA) is 98.2 Å². The minimum absolute atomic E-state index is 0.0290. The number of aliphatic hydroxyl groups is 1. The lowest BCUT2D eigenvalue weighted by molar-refractivity contribution is -0.172. The number of halogens is 1. The molecule has 1 saturated heterocycles. The average Bonchev–Trinajstić information content (AvgIpc) is 3.17. The summed E-state index contributed by atoms with van der Waals surface area (Å²) in [6, 6.07) is 14.5. The molecule has 0 spiro atoms. The molecule has 1 aliphatic rings. The number of hydrogen-bond acceptors (Lipinski definition) is 5. The van der Waals surface area contributed by atoms with Crippen LogP contribution in [0, 0.1) is 0 Å². The Morgan fingerprint density at radius 3 is 2.48 bits per heavy atom. The summed E-state index contributed by atoms with van der Waals surface area (Å²) in [7, 11) is 0. The zero-order valence-corrected chi connectivity index (χ0v) is 19.3. The van der Waals surface area contributed by atoms with Crippen molar-refractivity contribution in [2.45, 2.75) is 24.9 Å². The molecule has 1 fully saturated rings. The van der Waals surface area contributed by atoms with Gasteiger partial charge < -0.3 is 20.0 Å². The molecule has 4 rings (SSSR count). The lowest BCUT2D eigenvalue weighted by atomic mass is 9.82. The van der Waals surface area contributed by atoms with Crippen molar-refractivity contribution in [3.63, 3.8) is 0 Å². The molecular weight excluding hydrogens is 464 g/mol. The molecule has 2 aromatic carbocycles. The number of amides is 2. The van der Waals surface area contributed by atoms with Crippen LogP contribution >= 0.6 is 22.9 Å². The Labute approximate surface area is 199 Å². The van der Waals surface area contributed by atoms with Gasteiger partial charge in [0.1, 0.15) is 12.1 Å². The highest BCUT2D eigenvalue weighted by Crippen LogP contribution is 2.35. The molecule has 7 nitrogen and oxygen atoms in total. The molecule has 2 N–H and O–H groups in total. The van der Waals surface area contributed by atoms with E-state index in [0.717, 1.165) is 15.6 Å². The van der Waals surface area contributed by atoms with E-state index < -0.39 is 30.6 Å². The number of carboxylic acid groups (broad SMARTS) is 1. The van der Waals surface area contributed by atoms with E-state index in [4.69, 9.17) is 11.6 Å². The summed E-state index contributed by atoms with van der Waals surface area (Å²) in [5.74, 6) is -2.02. The fraction of sp³-hybridized carbons (Fsp3) is 0.292. The number of hydrogen-bond donors (Lipinski definition) is 2. The van der Waals surface area contributed by atoms with Gasteiger partial charge in [0, 0.05) is 22.8 Å². The lowest BCUT2D eigenvalue weighted by Gasteiger charge is -2.51. The molecule has 0 bridgehead atoms. The number of aliphatic hydroxyl groups excluding tert-OH is 1. The Balaban J connectivity index is 1.55. The van der Waals surface area contributed by atoms with Crippen molar-refractivity contribution < 1.29 is 24.6 Å². The summed E-state index contributed by atoms with van der Waals surface area (Å²) < 4.78 is 1.07. The van der Waals surface area contributed by atoms with Gasteiger partial charge in [-0.05, 0) is 46.5 Å². The highest BCUT2D eigenvalue weighted by Gasteiger charge is 2.54. The van der Waals surface area contributed by atoms with Gasteiger partial charge in [-0.3, -0.25) is 14.4 Å². The monoisotopic (exact) mass is 486 g/mol. The predicted octanol–water partition coefficient (Wildman–Crippen LogP) is 3.17. The van der Waals surface area contributed by atoms with E-state index in [1.54, 1.807) is 35.6 Å². The van der Waals surface area contributed by atoms with Gasteiger partial charge in [-0.15, -0.1) is 11.3 Å². The highest BCUT2D eigenvalue weighted by atomic mass is 35.5. The van der Waals surface area contributed by atoms with Crippen LogP contribution in [0.25, 0.3) is 10.1 Å². The largest absolute Gasteiger partial charge is 0.480 e. The fourth-order valence-corrected chi connectivity index (χ4v) is 5.30. The maximum Gasteiger partial charge on any atom is 0.323 e. The van der Waals surface area contributed by atoms with Gasteiger partial charge in [0.15, 0.2) is 0 Å². The molecule has 1 aliphatic heterocycles. The Bertz CT molecular complexity index is 1190. The number of nitrogens with zero attached hydrogens (tertiary/aromatic N) is 2. The Kier molecular flexibility index (Phi) is 6.69. The second-order valence-electron chi connectivity index (χ2n) is 8.10. The van der Waals surface area contributed by atoms with Crippen molar-refractivity contribution in [1.29, 1.82) is 0 Å². The first kappa shape index (κ1) is 23.2. The molecule has 0 radical (unpaired) electrons. The first-order valence-corrected chi connectivity index (χ1v) is 11.7. The third kappa shape index (κ3) is 4.59. The smallest absolute Gasteiger partial charge is 0.323 e. The molecule has 33 heavy (non-hydrogen) atoms. The maximum atomic E-state index is 13.5. The van der Waals surface area contributed by atoms with Crippen LogP contribution in [0.4, 0.5) is 0 Å². The Hall–Kier alpha value is -2.94. The number of rotatable bonds is 8. The average molecular weight is 487 g/mol. The molecule has 1 aromatic heterocycles. The summed E-state index contributed by atoms with van der Waals surface area (Å²) in [6.45, 7) is -0.755. The van der Waals surface area contributed by atoms with Gasteiger partial charge in [-0.25, -0.2) is 0 Å². The highest BCUT2D eigenvalue weighted by molar-refractivity contribution is 7.17. The molecule has 3 aromatic rings. The maximum absolute atomic E-state index is 13.5. The van der Waals surface area contributed by atoms with Gasteiger partial charge in [-0.2, -0.15) is 0 Å². The van der Waals surface area contributed by atoms with Crippen LogP contribution < -0.4 is 0 Å². The van der Waals surface area contributed by atoms with Gasteiger partial charge >= 0.3 is 5.97 Å². The molecule has 9 heteroatoms. The standard InChI is InChI=1S/C24H23ClN2O5S/c25-18-7-5-16(6-8-18)12-26(13-22(30)31)23(32)24(15-28)9-10-27(24)21(29)11-17-14-33-20-4-2-1-3-19(17)20/h1-8,14,28H,9-13,15H2,(H,30,31). The third-order valence-corrected chi connectivity index (χ3v) is 7.29. The molecule has 2 heterocycles. The third-order valence-electron chi connectivity index (χ3n) is 6.03. The predicted molar refractivity (Wildman–Crippen MR) is 126 cm³/mol. The second kappa shape index (κ2) is 9.51. The number of likely N-dealkylation sites (tertiary alicyclic amines) is 1. The molecule has 172 valence electrons. The Morgan fingerprint density at radius 2 is 1.85 bits per heavy atom. The van der Waals surface area contributed by atoms with E-state index in [0.29, 0.717) is 17.1 Å². The van der Waals surface area contributed by atoms with Gasteiger partial charge in [0.25, 0.3) is 5.91 Å². The summed E-state index contributed by atoms with van der Waals surface area (Å²) in [4.78, 5) is 40.7. The van der Waals surface area contributed by atoms with Crippen molar-refractivity contribution in [2.24, 2.45) is 0 Å². The van der Waals surface area contributed by atoms with Crippen molar-refractivity contribution in [1.82, 2.24) is 9.80 Å². The summed E-state index contributed by atoms with van der Waals surface area (Å²) in [5.41, 5.74) is 0.115. The summed E-state index contributed by atoms with van der Waals surface area (Å²) >= 11 is 7.47. The van der Waals surface area contributed by atoms with Crippen molar-refractivity contribution >= 4 is 50.8 Å². The van der Waals surface area contributed by atoms with Crippen LogP contribution in [0.5, 0.6) is 0 Å². The van der Waals surface area contributed by atoms with E-state index in [9.17, 15) is 24.6 Å². The fourth-order valence-electron chi connectivity index (χ4n) is 4.21. The van der Waals surface area contributed by atoms with Crippen molar-refractivity contribution in [3.8, 4) is 0 Å². The molecule has 1 unspecified atom stereocenters. The minimum Gasteiger partial charge on any atom is -0.480 e. The van der Waals surface area contributed by atoms with E-state index in [2.05, 4.69) is 0 Å². The van der Waals surface area contributed by atoms with Crippen LogP contribution in [0.2, 0.25) is 5.02 Å².